The van der Waals surface area contributed by atoms with Crippen LogP contribution in [0.25, 0.3) is 0 Å². The maximum absolute atomic E-state index is 4.77. The van der Waals surface area contributed by atoms with E-state index in [2.05, 4.69) is 43.9 Å². The van der Waals surface area contributed by atoms with Gasteiger partial charge in [0.05, 0.1) is 21.9 Å². The molecule has 0 saturated heterocycles. The molecule has 2 aromatic rings. The Morgan fingerprint density at radius 2 is 2.37 bits per heavy atom. The molecule has 1 aliphatic heterocycles. The van der Waals surface area contributed by atoms with Crippen molar-refractivity contribution in [1.82, 2.24) is 14.8 Å². The minimum absolute atomic E-state index is 0.236. The van der Waals surface area contributed by atoms with Gasteiger partial charge in [0.1, 0.15) is 5.82 Å². The van der Waals surface area contributed by atoms with E-state index in [1.165, 1.54) is 0 Å². The third kappa shape index (κ3) is 2.27. The Kier molecular flexibility index (Phi) is 3.55. The van der Waals surface area contributed by atoms with Crippen LogP contribution in [0, 0.1) is 0 Å². The highest BCUT2D eigenvalue weighted by molar-refractivity contribution is 9.10. The summed E-state index contributed by atoms with van der Waals surface area (Å²) in [6, 6.07) is 6.30. The maximum atomic E-state index is 4.77. The fourth-order valence-corrected chi connectivity index (χ4v) is 3.14. The normalized spacial score (nSPS) is 17.9. The number of nitrogens with one attached hydrogen (secondary N) is 1. The highest BCUT2D eigenvalue weighted by Gasteiger charge is 2.26. The zero-order chi connectivity index (χ0) is 13.2. The lowest BCUT2D eigenvalue weighted by molar-refractivity contribution is 0.468. The monoisotopic (exact) mass is 320 g/mol. The predicted octanol–water partition coefficient (Wildman–Crippen LogP) is 3.40. The number of hydrogen-bond donors (Lipinski definition) is 1. The third-order valence-corrected chi connectivity index (χ3v) is 4.27. The Morgan fingerprint density at radius 3 is 3.11 bits per heavy atom. The summed E-state index contributed by atoms with van der Waals surface area (Å²) in [7, 11) is 0. The number of anilines is 1. The number of aryl methyl sites for hydroxylation is 1. The van der Waals surface area contributed by atoms with Gasteiger partial charge in [0.15, 0.2) is 0 Å². The molecule has 0 aromatic carbocycles. The van der Waals surface area contributed by atoms with Gasteiger partial charge in [0.25, 0.3) is 0 Å². The van der Waals surface area contributed by atoms with E-state index in [4.69, 9.17) is 5.10 Å². The van der Waals surface area contributed by atoms with Crippen molar-refractivity contribution in [3.63, 3.8) is 0 Å². The van der Waals surface area contributed by atoms with Crippen molar-refractivity contribution in [3.05, 3.63) is 40.3 Å². The molecule has 100 valence electrons. The van der Waals surface area contributed by atoms with Crippen LogP contribution >= 0.6 is 15.9 Å². The summed E-state index contributed by atoms with van der Waals surface area (Å²) in [5, 5.41) is 8.20. The van der Waals surface area contributed by atoms with Gasteiger partial charge in [0.2, 0.25) is 0 Å². The summed E-state index contributed by atoms with van der Waals surface area (Å²) < 4.78 is 3.19. The largest absolute Gasteiger partial charge is 0.369 e. The molecule has 1 aliphatic rings. The minimum atomic E-state index is 0.236. The Hall–Kier alpha value is -1.36. The van der Waals surface area contributed by atoms with Crippen LogP contribution in [0.2, 0.25) is 0 Å². The Bertz CT molecular complexity index is 564. The van der Waals surface area contributed by atoms with E-state index < -0.39 is 0 Å². The topological polar surface area (TPSA) is 42.7 Å². The van der Waals surface area contributed by atoms with E-state index in [-0.39, 0.29) is 6.04 Å². The second-order valence-electron chi connectivity index (χ2n) is 4.79. The summed E-state index contributed by atoms with van der Waals surface area (Å²) in [6.45, 7) is 3.13. The fraction of sp³-hybridized carbons (Fsp3) is 0.429. The van der Waals surface area contributed by atoms with Gasteiger partial charge >= 0.3 is 0 Å². The maximum Gasteiger partial charge on any atom is 0.139 e. The van der Waals surface area contributed by atoms with Crippen molar-refractivity contribution in [1.29, 1.82) is 0 Å². The zero-order valence-electron chi connectivity index (χ0n) is 10.9. The lowest BCUT2D eigenvalue weighted by atomic mass is 10.1. The van der Waals surface area contributed by atoms with E-state index in [1.807, 2.05) is 18.3 Å². The van der Waals surface area contributed by atoms with Crippen molar-refractivity contribution in [2.45, 2.75) is 32.2 Å². The summed E-state index contributed by atoms with van der Waals surface area (Å²) in [5.41, 5.74) is 2.22. The molecule has 2 aromatic heterocycles. The number of hydrogen-bond acceptors (Lipinski definition) is 3. The first-order valence-electron chi connectivity index (χ1n) is 6.73. The average Bonchev–Trinajstić information content (AvgIpc) is 2.77. The van der Waals surface area contributed by atoms with E-state index in [0.29, 0.717) is 0 Å². The van der Waals surface area contributed by atoms with E-state index >= 15 is 0 Å². The number of nitrogens with zero attached hydrogens (tertiary/aromatic N) is 3. The molecule has 3 rings (SSSR count). The summed E-state index contributed by atoms with van der Waals surface area (Å²) >= 11 is 3.67. The fourth-order valence-electron chi connectivity index (χ4n) is 2.54. The van der Waals surface area contributed by atoms with Crippen LogP contribution in [0.4, 0.5) is 5.82 Å². The van der Waals surface area contributed by atoms with Gasteiger partial charge in [-0.3, -0.25) is 4.98 Å². The molecule has 0 spiro atoms. The number of pyridine rings is 1. The predicted molar refractivity (Wildman–Crippen MR) is 79.4 cm³/mol. The Morgan fingerprint density at radius 1 is 1.47 bits per heavy atom. The lowest BCUT2D eigenvalue weighted by Crippen LogP contribution is -2.25. The van der Waals surface area contributed by atoms with Gasteiger partial charge < -0.3 is 5.32 Å². The highest BCUT2D eigenvalue weighted by atomic mass is 79.9. The van der Waals surface area contributed by atoms with Crippen molar-refractivity contribution < 1.29 is 0 Å². The first kappa shape index (κ1) is 12.7. The van der Waals surface area contributed by atoms with Gasteiger partial charge in [-0.1, -0.05) is 19.4 Å². The SMILES string of the molecule is CCCc1nn2c(c1Br)NCCC2c1ccccn1. The van der Waals surface area contributed by atoms with Gasteiger partial charge in [-0.25, -0.2) is 4.68 Å². The molecule has 19 heavy (non-hydrogen) atoms. The molecule has 1 atom stereocenters. The first-order chi connectivity index (χ1) is 9.31. The molecule has 0 amide bonds. The molecule has 0 bridgehead atoms. The van der Waals surface area contributed by atoms with Crippen LogP contribution in [-0.4, -0.2) is 21.3 Å². The highest BCUT2D eigenvalue weighted by Crippen LogP contribution is 2.35. The Labute approximate surface area is 121 Å². The molecule has 0 saturated carbocycles. The Balaban J connectivity index is 2.03. The number of halogens is 1. The standard InChI is InChI=1S/C14H17BrN4/c1-2-5-11-13(15)14-17-9-7-12(19(14)18-11)10-6-3-4-8-16-10/h3-4,6,8,12,17H,2,5,7,9H2,1H3. The summed E-state index contributed by atoms with van der Waals surface area (Å²) in [5.74, 6) is 1.09. The van der Waals surface area contributed by atoms with E-state index in [9.17, 15) is 0 Å². The van der Waals surface area contributed by atoms with Crippen LogP contribution in [0.1, 0.15) is 37.2 Å². The molecule has 4 nitrogen and oxygen atoms in total. The molecular weight excluding hydrogens is 304 g/mol. The lowest BCUT2D eigenvalue weighted by Gasteiger charge is -2.25. The summed E-state index contributed by atoms with van der Waals surface area (Å²) in [6.07, 6.45) is 4.97. The molecule has 3 heterocycles. The molecular formula is C14H17BrN4. The molecule has 1 N–H and O–H groups in total. The van der Waals surface area contributed by atoms with Crippen LogP contribution in [0.5, 0.6) is 0 Å². The van der Waals surface area contributed by atoms with Gasteiger partial charge in [-0.05, 0) is 40.9 Å². The van der Waals surface area contributed by atoms with Gasteiger partial charge in [-0.2, -0.15) is 5.10 Å². The molecule has 0 fully saturated rings. The second kappa shape index (κ2) is 5.33. The molecule has 0 radical (unpaired) electrons. The van der Waals surface area contributed by atoms with Gasteiger partial charge in [0, 0.05) is 12.7 Å². The van der Waals surface area contributed by atoms with Crippen molar-refractivity contribution in [2.75, 3.05) is 11.9 Å². The molecule has 1 unspecified atom stereocenters. The smallest absolute Gasteiger partial charge is 0.139 e. The van der Waals surface area contributed by atoms with E-state index in [1.54, 1.807) is 0 Å². The van der Waals surface area contributed by atoms with Crippen molar-refractivity contribution in [2.24, 2.45) is 0 Å². The zero-order valence-corrected chi connectivity index (χ0v) is 12.5. The molecule has 5 heteroatoms. The quantitative estimate of drug-likeness (QED) is 0.942. The van der Waals surface area contributed by atoms with Crippen LogP contribution in [0.3, 0.4) is 0 Å². The van der Waals surface area contributed by atoms with Crippen LogP contribution in [0.15, 0.2) is 28.9 Å². The summed E-state index contributed by atoms with van der Waals surface area (Å²) in [4.78, 5) is 4.48. The van der Waals surface area contributed by atoms with E-state index in [0.717, 1.165) is 47.5 Å². The van der Waals surface area contributed by atoms with Crippen molar-refractivity contribution in [3.8, 4) is 0 Å². The number of aromatic nitrogens is 3. The third-order valence-electron chi connectivity index (χ3n) is 3.44. The minimum Gasteiger partial charge on any atom is -0.369 e. The van der Waals surface area contributed by atoms with Crippen LogP contribution in [-0.2, 0) is 6.42 Å². The second-order valence-corrected chi connectivity index (χ2v) is 5.58. The first-order valence-corrected chi connectivity index (χ1v) is 7.52. The van der Waals surface area contributed by atoms with Gasteiger partial charge in [-0.15, -0.1) is 0 Å². The number of fused-ring (bicyclic) bond motifs is 1. The van der Waals surface area contributed by atoms with Crippen LogP contribution < -0.4 is 5.32 Å². The number of rotatable bonds is 3. The molecule has 0 aliphatic carbocycles. The average molecular weight is 321 g/mol. The van der Waals surface area contributed by atoms with Crippen molar-refractivity contribution >= 4 is 21.7 Å².